The lowest BCUT2D eigenvalue weighted by Gasteiger charge is -2.07. The van der Waals surface area contributed by atoms with Gasteiger partial charge in [0.2, 0.25) is 0 Å². The van der Waals surface area contributed by atoms with E-state index in [0.717, 1.165) is 11.1 Å². The first kappa shape index (κ1) is 15.3. The van der Waals surface area contributed by atoms with Crippen LogP contribution in [0.15, 0.2) is 60.6 Å². The summed E-state index contributed by atoms with van der Waals surface area (Å²) in [4.78, 5) is 16.0. The van der Waals surface area contributed by atoms with Crippen LogP contribution in [0.3, 0.4) is 0 Å². The molecular formula is C17H16N4O. The molecule has 0 aliphatic carbocycles. The van der Waals surface area contributed by atoms with Crippen LogP contribution in [0.4, 0.5) is 5.69 Å². The standard InChI is InChI=1S/C17H16N4O/c1-13-4-2-3-5-16(13)21-17(22)15(10-18)12-20-11-14-6-8-19-9-7-14/h2-9,12,20H,11H2,1H3,(H,21,22)/b15-12-. The predicted octanol–water partition coefficient (Wildman–Crippen LogP) is 2.53. The fraction of sp³-hybridized carbons (Fsp3) is 0.118. The van der Waals surface area contributed by atoms with E-state index in [1.807, 2.05) is 43.3 Å². The normalized spacial score (nSPS) is 10.6. The van der Waals surface area contributed by atoms with Crippen LogP contribution >= 0.6 is 0 Å². The number of anilines is 1. The van der Waals surface area contributed by atoms with E-state index in [1.54, 1.807) is 18.5 Å². The molecule has 0 saturated heterocycles. The Morgan fingerprint density at radius 1 is 1.27 bits per heavy atom. The van der Waals surface area contributed by atoms with Crippen LogP contribution in [0, 0.1) is 18.3 Å². The molecule has 0 radical (unpaired) electrons. The van der Waals surface area contributed by atoms with E-state index >= 15 is 0 Å². The van der Waals surface area contributed by atoms with Crippen molar-refractivity contribution in [2.75, 3.05) is 5.32 Å². The molecule has 0 fully saturated rings. The van der Waals surface area contributed by atoms with Gasteiger partial charge in [0.05, 0.1) is 0 Å². The lowest BCUT2D eigenvalue weighted by Crippen LogP contribution is -2.17. The van der Waals surface area contributed by atoms with Gasteiger partial charge >= 0.3 is 0 Å². The molecule has 1 amide bonds. The molecule has 0 unspecified atom stereocenters. The van der Waals surface area contributed by atoms with Gasteiger partial charge in [-0.25, -0.2) is 0 Å². The monoisotopic (exact) mass is 292 g/mol. The third-order valence-corrected chi connectivity index (χ3v) is 3.06. The minimum absolute atomic E-state index is 0.0253. The molecule has 2 rings (SSSR count). The maximum absolute atomic E-state index is 12.1. The Kier molecular flexibility index (Phi) is 5.27. The molecule has 22 heavy (non-hydrogen) atoms. The van der Waals surface area contributed by atoms with Crippen LogP contribution in [0.25, 0.3) is 0 Å². The highest BCUT2D eigenvalue weighted by molar-refractivity contribution is 6.06. The zero-order chi connectivity index (χ0) is 15.8. The fourth-order valence-corrected chi connectivity index (χ4v) is 1.82. The van der Waals surface area contributed by atoms with E-state index in [1.165, 1.54) is 6.20 Å². The van der Waals surface area contributed by atoms with Crippen LogP contribution in [0.5, 0.6) is 0 Å². The molecule has 0 bridgehead atoms. The molecule has 1 aromatic heterocycles. The summed E-state index contributed by atoms with van der Waals surface area (Å²) in [6, 6.07) is 13.0. The molecule has 0 atom stereocenters. The van der Waals surface area contributed by atoms with Crippen molar-refractivity contribution in [2.45, 2.75) is 13.5 Å². The minimum Gasteiger partial charge on any atom is -0.386 e. The first-order valence-corrected chi connectivity index (χ1v) is 6.80. The molecule has 5 heteroatoms. The fourth-order valence-electron chi connectivity index (χ4n) is 1.82. The second-order valence-corrected chi connectivity index (χ2v) is 4.68. The van der Waals surface area contributed by atoms with Crippen LogP contribution in [-0.2, 0) is 11.3 Å². The van der Waals surface area contributed by atoms with E-state index in [-0.39, 0.29) is 5.57 Å². The van der Waals surface area contributed by atoms with E-state index in [9.17, 15) is 4.79 Å². The first-order valence-electron chi connectivity index (χ1n) is 6.80. The topological polar surface area (TPSA) is 77.8 Å². The van der Waals surface area contributed by atoms with Crippen molar-refractivity contribution in [3.05, 3.63) is 71.7 Å². The van der Waals surface area contributed by atoms with Crippen molar-refractivity contribution in [1.82, 2.24) is 10.3 Å². The average Bonchev–Trinajstić information content (AvgIpc) is 2.54. The Morgan fingerprint density at radius 3 is 2.68 bits per heavy atom. The maximum Gasteiger partial charge on any atom is 0.267 e. The second kappa shape index (κ2) is 7.60. The van der Waals surface area contributed by atoms with Gasteiger partial charge in [-0.1, -0.05) is 18.2 Å². The highest BCUT2D eigenvalue weighted by atomic mass is 16.1. The summed E-state index contributed by atoms with van der Waals surface area (Å²) in [5.41, 5.74) is 2.68. The van der Waals surface area contributed by atoms with Gasteiger partial charge in [0.15, 0.2) is 0 Å². The predicted molar refractivity (Wildman–Crippen MR) is 84.6 cm³/mol. The Bertz CT molecular complexity index is 717. The van der Waals surface area contributed by atoms with Crippen LogP contribution in [0.1, 0.15) is 11.1 Å². The third-order valence-electron chi connectivity index (χ3n) is 3.06. The Hall–Kier alpha value is -3.13. The van der Waals surface area contributed by atoms with Crippen molar-refractivity contribution in [3.8, 4) is 6.07 Å². The van der Waals surface area contributed by atoms with Crippen LogP contribution < -0.4 is 10.6 Å². The first-order chi connectivity index (χ1) is 10.7. The van der Waals surface area contributed by atoms with Gasteiger partial charge in [0.25, 0.3) is 5.91 Å². The smallest absolute Gasteiger partial charge is 0.267 e. The molecule has 110 valence electrons. The van der Waals surface area contributed by atoms with Gasteiger partial charge < -0.3 is 10.6 Å². The van der Waals surface area contributed by atoms with Gasteiger partial charge in [-0.2, -0.15) is 5.26 Å². The number of rotatable bonds is 5. The Balaban J connectivity index is 1.99. The van der Waals surface area contributed by atoms with Crippen LogP contribution in [-0.4, -0.2) is 10.9 Å². The Labute approximate surface area is 129 Å². The molecule has 2 aromatic rings. The largest absolute Gasteiger partial charge is 0.386 e. The molecule has 0 spiro atoms. The second-order valence-electron chi connectivity index (χ2n) is 4.68. The number of para-hydroxylation sites is 1. The summed E-state index contributed by atoms with van der Waals surface area (Å²) in [5, 5.41) is 14.8. The maximum atomic E-state index is 12.1. The van der Waals surface area contributed by atoms with Gasteiger partial charge in [-0.3, -0.25) is 9.78 Å². The summed E-state index contributed by atoms with van der Waals surface area (Å²) in [6.45, 7) is 2.42. The number of nitriles is 1. The number of nitrogens with one attached hydrogen (secondary N) is 2. The van der Waals surface area contributed by atoms with E-state index in [4.69, 9.17) is 5.26 Å². The van der Waals surface area contributed by atoms with Gasteiger partial charge in [0, 0.05) is 30.8 Å². The summed E-state index contributed by atoms with van der Waals surface area (Å²) < 4.78 is 0. The number of nitrogens with zero attached hydrogens (tertiary/aromatic N) is 2. The number of hydrogen-bond donors (Lipinski definition) is 2. The van der Waals surface area contributed by atoms with Gasteiger partial charge in [-0.15, -0.1) is 0 Å². The van der Waals surface area contributed by atoms with Crippen molar-refractivity contribution >= 4 is 11.6 Å². The highest BCUT2D eigenvalue weighted by Gasteiger charge is 2.10. The molecule has 5 nitrogen and oxygen atoms in total. The number of benzene rings is 1. The number of carbonyl (C=O) groups excluding carboxylic acids is 1. The van der Waals surface area contributed by atoms with Crippen LogP contribution in [0.2, 0.25) is 0 Å². The summed E-state index contributed by atoms with van der Waals surface area (Å²) >= 11 is 0. The summed E-state index contributed by atoms with van der Waals surface area (Å²) in [5.74, 6) is -0.431. The molecule has 2 N–H and O–H groups in total. The van der Waals surface area contributed by atoms with E-state index in [0.29, 0.717) is 12.2 Å². The quantitative estimate of drug-likeness (QED) is 0.655. The van der Waals surface area contributed by atoms with Gasteiger partial charge in [0.1, 0.15) is 11.6 Å². The highest BCUT2D eigenvalue weighted by Crippen LogP contribution is 2.14. The number of aryl methyl sites for hydroxylation is 1. The number of hydrogen-bond acceptors (Lipinski definition) is 4. The molecule has 1 heterocycles. The minimum atomic E-state index is -0.431. The number of pyridine rings is 1. The molecule has 0 saturated carbocycles. The number of amides is 1. The third kappa shape index (κ3) is 4.18. The molecule has 0 aliphatic heterocycles. The van der Waals surface area contributed by atoms with E-state index < -0.39 is 5.91 Å². The van der Waals surface area contributed by atoms with Gasteiger partial charge in [-0.05, 0) is 36.2 Å². The van der Waals surface area contributed by atoms with E-state index in [2.05, 4.69) is 15.6 Å². The summed E-state index contributed by atoms with van der Waals surface area (Å²) in [6.07, 6.45) is 4.81. The SMILES string of the molecule is Cc1ccccc1NC(=O)/C(C#N)=C\NCc1ccncc1. The number of aromatic nitrogens is 1. The summed E-state index contributed by atoms with van der Waals surface area (Å²) in [7, 11) is 0. The zero-order valence-electron chi connectivity index (χ0n) is 12.2. The van der Waals surface area contributed by atoms with Crippen molar-refractivity contribution in [1.29, 1.82) is 5.26 Å². The lowest BCUT2D eigenvalue weighted by molar-refractivity contribution is -0.112. The molecule has 0 aliphatic rings. The van der Waals surface area contributed by atoms with Crippen molar-refractivity contribution < 1.29 is 4.79 Å². The molecule has 1 aromatic carbocycles. The Morgan fingerprint density at radius 2 is 2.00 bits per heavy atom. The molecular weight excluding hydrogens is 276 g/mol. The average molecular weight is 292 g/mol. The lowest BCUT2D eigenvalue weighted by atomic mass is 10.2. The zero-order valence-corrected chi connectivity index (χ0v) is 12.2. The van der Waals surface area contributed by atoms with Crippen molar-refractivity contribution in [2.24, 2.45) is 0 Å². The van der Waals surface area contributed by atoms with Crippen molar-refractivity contribution in [3.63, 3.8) is 0 Å². The number of carbonyl (C=O) groups is 1.